The predicted molar refractivity (Wildman–Crippen MR) is 110 cm³/mol. The molecule has 0 bridgehead atoms. The van der Waals surface area contributed by atoms with Crippen molar-refractivity contribution in [3.8, 4) is 17.4 Å². The van der Waals surface area contributed by atoms with E-state index in [9.17, 15) is 0 Å². The molecule has 4 rings (SSSR count). The van der Waals surface area contributed by atoms with E-state index in [1.807, 2.05) is 29.8 Å². The summed E-state index contributed by atoms with van der Waals surface area (Å²) in [6.45, 7) is 3.91. The summed E-state index contributed by atoms with van der Waals surface area (Å²) in [7, 11) is 3.26. The summed E-state index contributed by atoms with van der Waals surface area (Å²) in [6, 6.07) is 6.46. The Morgan fingerprint density at radius 3 is 2.52 bits per heavy atom. The number of imidazole rings is 1. The lowest BCUT2D eigenvalue weighted by atomic mass is 10.1. The Morgan fingerprint density at radius 1 is 1.00 bits per heavy atom. The van der Waals surface area contributed by atoms with Crippen LogP contribution in [0.15, 0.2) is 30.7 Å². The molecule has 1 aromatic carbocycles. The Hall–Kier alpha value is -3.16. The maximum absolute atomic E-state index is 5.62. The molecule has 0 aliphatic carbocycles. The lowest BCUT2D eigenvalue weighted by Gasteiger charge is -2.26. The smallest absolute Gasteiger partial charge is 0.321 e. The first-order chi connectivity index (χ1) is 14.2. The van der Waals surface area contributed by atoms with Crippen LogP contribution in [0.5, 0.6) is 11.8 Å². The van der Waals surface area contributed by atoms with Crippen LogP contribution in [0.1, 0.15) is 36.3 Å². The van der Waals surface area contributed by atoms with E-state index < -0.39 is 0 Å². The van der Waals surface area contributed by atoms with E-state index in [-0.39, 0.29) is 0 Å². The lowest BCUT2D eigenvalue weighted by Crippen LogP contribution is -2.31. The molecule has 3 heterocycles. The Kier molecular flexibility index (Phi) is 5.59. The van der Waals surface area contributed by atoms with Crippen molar-refractivity contribution in [2.24, 2.45) is 0 Å². The van der Waals surface area contributed by atoms with Crippen LogP contribution in [0.3, 0.4) is 0 Å². The van der Waals surface area contributed by atoms with Crippen molar-refractivity contribution in [2.75, 3.05) is 32.2 Å². The van der Waals surface area contributed by atoms with Gasteiger partial charge >= 0.3 is 6.01 Å². The van der Waals surface area contributed by atoms with Crippen molar-refractivity contribution < 1.29 is 9.47 Å². The SMILES string of the molecule is COc1nc(Cc2ccc(-n3cnc(C)c3)c(OC)c2)nc(N2CCCCC2)n1. The number of benzene rings is 1. The summed E-state index contributed by atoms with van der Waals surface area (Å²) in [5.41, 5.74) is 2.96. The molecule has 1 saturated heterocycles. The van der Waals surface area contributed by atoms with Crippen molar-refractivity contribution >= 4 is 5.95 Å². The summed E-state index contributed by atoms with van der Waals surface area (Å²) in [4.78, 5) is 20.1. The molecule has 3 aromatic rings. The highest BCUT2D eigenvalue weighted by Gasteiger charge is 2.17. The van der Waals surface area contributed by atoms with E-state index in [0.717, 1.165) is 48.6 Å². The zero-order chi connectivity index (χ0) is 20.2. The third kappa shape index (κ3) is 4.31. The fourth-order valence-corrected chi connectivity index (χ4v) is 3.57. The molecule has 1 aliphatic rings. The van der Waals surface area contributed by atoms with Gasteiger partial charge in [-0.15, -0.1) is 0 Å². The molecule has 0 N–H and O–H groups in total. The summed E-state index contributed by atoms with van der Waals surface area (Å²) in [6.07, 6.45) is 7.91. The third-order valence-electron chi connectivity index (χ3n) is 5.07. The Balaban J connectivity index is 1.61. The van der Waals surface area contributed by atoms with Gasteiger partial charge in [-0.3, -0.25) is 0 Å². The number of aromatic nitrogens is 5. The van der Waals surface area contributed by atoms with Crippen molar-refractivity contribution in [3.05, 3.63) is 47.8 Å². The first kappa shape index (κ1) is 19.2. The van der Waals surface area contributed by atoms with Crippen molar-refractivity contribution in [3.63, 3.8) is 0 Å². The standard InChI is InChI=1S/C21H26N6O2/c1-15-13-27(14-22-15)17-8-7-16(11-18(17)28-2)12-19-23-20(25-21(24-19)29-3)26-9-5-4-6-10-26/h7-8,11,13-14H,4-6,9-10,12H2,1-3H3. The van der Waals surface area contributed by atoms with Gasteiger partial charge in [0.05, 0.1) is 31.9 Å². The van der Waals surface area contributed by atoms with Gasteiger partial charge < -0.3 is 18.9 Å². The minimum Gasteiger partial charge on any atom is -0.495 e. The van der Waals surface area contributed by atoms with Crippen LogP contribution in [0.2, 0.25) is 0 Å². The topological polar surface area (TPSA) is 78.2 Å². The van der Waals surface area contributed by atoms with E-state index in [1.165, 1.54) is 6.42 Å². The van der Waals surface area contributed by atoms with E-state index in [1.54, 1.807) is 20.5 Å². The Morgan fingerprint density at radius 2 is 1.83 bits per heavy atom. The third-order valence-corrected chi connectivity index (χ3v) is 5.07. The molecular formula is C21H26N6O2. The highest BCUT2D eigenvalue weighted by molar-refractivity contribution is 5.49. The number of hydrogen-bond acceptors (Lipinski definition) is 7. The minimum atomic E-state index is 0.355. The molecule has 0 amide bonds. The highest BCUT2D eigenvalue weighted by atomic mass is 16.5. The molecule has 2 aromatic heterocycles. The molecule has 0 radical (unpaired) electrons. The minimum absolute atomic E-state index is 0.355. The molecule has 152 valence electrons. The van der Waals surface area contributed by atoms with Crippen molar-refractivity contribution in [2.45, 2.75) is 32.6 Å². The number of aryl methyl sites for hydroxylation is 1. The molecule has 1 aliphatic heterocycles. The van der Waals surface area contributed by atoms with Crippen molar-refractivity contribution in [1.29, 1.82) is 0 Å². The van der Waals surface area contributed by atoms with E-state index >= 15 is 0 Å². The summed E-state index contributed by atoms with van der Waals surface area (Å²) >= 11 is 0. The normalized spacial score (nSPS) is 14.1. The van der Waals surface area contributed by atoms with Crippen LogP contribution in [0.25, 0.3) is 5.69 Å². The van der Waals surface area contributed by atoms with E-state index in [0.29, 0.717) is 24.2 Å². The predicted octanol–water partition coefficient (Wildman–Crippen LogP) is 2.96. The van der Waals surface area contributed by atoms with Gasteiger partial charge in [-0.05, 0) is 43.9 Å². The zero-order valence-electron chi connectivity index (χ0n) is 17.1. The number of methoxy groups -OCH3 is 2. The summed E-state index contributed by atoms with van der Waals surface area (Å²) < 4.78 is 12.9. The van der Waals surface area contributed by atoms with Crippen LogP contribution >= 0.6 is 0 Å². The maximum Gasteiger partial charge on any atom is 0.321 e. The van der Waals surface area contributed by atoms with Crippen molar-refractivity contribution in [1.82, 2.24) is 24.5 Å². The molecular weight excluding hydrogens is 368 g/mol. The largest absolute Gasteiger partial charge is 0.495 e. The average molecular weight is 394 g/mol. The maximum atomic E-state index is 5.62. The molecule has 0 saturated carbocycles. The molecule has 8 heteroatoms. The Labute approximate surface area is 170 Å². The lowest BCUT2D eigenvalue weighted by molar-refractivity contribution is 0.375. The molecule has 1 fully saturated rings. The van der Waals surface area contributed by atoms with Gasteiger partial charge in [0.15, 0.2) is 0 Å². The summed E-state index contributed by atoms with van der Waals surface area (Å²) in [5, 5.41) is 0. The highest BCUT2D eigenvalue weighted by Crippen LogP contribution is 2.26. The van der Waals surface area contributed by atoms with Crippen LogP contribution < -0.4 is 14.4 Å². The Bertz CT molecular complexity index is 981. The van der Waals surface area contributed by atoms with Crippen LogP contribution in [-0.2, 0) is 6.42 Å². The molecule has 0 spiro atoms. The molecule has 0 atom stereocenters. The second-order valence-electron chi connectivity index (χ2n) is 7.19. The molecule has 29 heavy (non-hydrogen) atoms. The number of hydrogen-bond donors (Lipinski definition) is 0. The van der Waals surface area contributed by atoms with E-state index in [4.69, 9.17) is 14.5 Å². The van der Waals surface area contributed by atoms with Gasteiger partial charge in [0, 0.05) is 25.7 Å². The second kappa shape index (κ2) is 8.46. The van der Waals surface area contributed by atoms with Gasteiger partial charge in [-0.2, -0.15) is 15.0 Å². The number of rotatable bonds is 6. The monoisotopic (exact) mass is 394 g/mol. The first-order valence-electron chi connectivity index (χ1n) is 9.88. The molecule has 8 nitrogen and oxygen atoms in total. The van der Waals surface area contributed by atoms with Gasteiger partial charge in [-0.25, -0.2) is 4.98 Å². The average Bonchev–Trinajstić information content (AvgIpc) is 3.20. The van der Waals surface area contributed by atoms with Crippen LogP contribution in [0, 0.1) is 6.92 Å². The number of nitrogens with zero attached hydrogens (tertiary/aromatic N) is 6. The fraction of sp³-hybridized carbons (Fsp3) is 0.429. The van der Waals surface area contributed by atoms with Gasteiger partial charge in [-0.1, -0.05) is 6.07 Å². The quantitative estimate of drug-likeness (QED) is 0.636. The van der Waals surface area contributed by atoms with Gasteiger partial charge in [0.2, 0.25) is 5.95 Å². The van der Waals surface area contributed by atoms with E-state index in [2.05, 4.69) is 25.9 Å². The summed E-state index contributed by atoms with van der Waals surface area (Å²) in [5.74, 6) is 2.16. The van der Waals surface area contributed by atoms with Crippen LogP contribution in [0.4, 0.5) is 5.95 Å². The second-order valence-corrected chi connectivity index (χ2v) is 7.19. The zero-order valence-corrected chi connectivity index (χ0v) is 17.1. The number of piperidine rings is 1. The number of ether oxygens (including phenoxy) is 2. The molecule has 0 unspecified atom stereocenters. The number of anilines is 1. The van der Waals surface area contributed by atoms with Gasteiger partial charge in [0.25, 0.3) is 0 Å². The van der Waals surface area contributed by atoms with Gasteiger partial charge in [0.1, 0.15) is 11.6 Å². The fourth-order valence-electron chi connectivity index (χ4n) is 3.57. The van der Waals surface area contributed by atoms with Crippen LogP contribution in [-0.4, -0.2) is 51.8 Å². The first-order valence-corrected chi connectivity index (χ1v) is 9.88.